The summed E-state index contributed by atoms with van der Waals surface area (Å²) in [5.74, 6) is 0.913. The Kier molecular flexibility index (Phi) is 5.05. The zero-order valence-electron chi connectivity index (χ0n) is 12.4. The average molecular weight is 287 g/mol. The molecule has 0 saturated heterocycles. The summed E-state index contributed by atoms with van der Waals surface area (Å²) in [5.41, 5.74) is 6.34. The molecule has 2 aromatic rings. The van der Waals surface area contributed by atoms with Gasteiger partial charge < -0.3 is 11.1 Å². The molecule has 6 heteroatoms. The molecular weight excluding hydrogens is 266 g/mol. The van der Waals surface area contributed by atoms with Gasteiger partial charge in [-0.15, -0.1) is 0 Å². The number of nitrogens with two attached hydrogens (primary N) is 1. The largest absolute Gasteiger partial charge is 0.330 e. The number of nitrogens with zero attached hydrogens (tertiary/aromatic N) is 3. The zero-order valence-corrected chi connectivity index (χ0v) is 12.4. The third kappa shape index (κ3) is 4.13. The van der Waals surface area contributed by atoms with Crippen LogP contribution in [0.5, 0.6) is 0 Å². The second-order valence-electron chi connectivity index (χ2n) is 5.41. The van der Waals surface area contributed by atoms with E-state index in [-0.39, 0.29) is 11.8 Å². The number of carbonyl (C=O) groups excluding carboxylic acids is 1. The molecular formula is C15H21N5O. The molecule has 2 rings (SSSR count). The highest BCUT2D eigenvalue weighted by Crippen LogP contribution is 2.14. The van der Waals surface area contributed by atoms with Gasteiger partial charge in [0.2, 0.25) is 5.91 Å². The molecule has 2 heterocycles. The lowest BCUT2D eigenvalue weighted by Crippen LogP contribution is -2.30. The van der Waals surface area contributed by atoms with Gasteiger partial charge in [0.15, 0.2) is 5.82 Å². The summed E-state index contributed by atoms with van der Waals surface area (Å²) >= 11 is 0. The summed E-state index contributed by atoms with van der Waals surface area (Å²) < 4.78 is 1.66. The zero-order chi connectivity index (χ0) is 15.2. The Morgan fingerprint density at radius 1 is 1.43 bits per heavy atom. The molecule has 6 nitrogen and oxygen atoms in total. The first kappa shape index (κ1) is 15.2. The third-order valence-electron chi connectivity index (χ3n) is 3.17. The van der Waals surface area contributed by atoms with Gasteiger partial charge in [-0.2, -0.15) is 5.10 Å². The molecule has 0 aliphatic rings. The molecule has 0 fully saturated rings. The second-order valence-corrected chi connectivity index (χ2v) is 5.41. The Balaban J connectivity index is 2.01. The SMILES string of the molecule is CC(C)CC(CN)C(=O)Nc1ccc(-n2cccn2)nc1. The van der Waals surface area contributed by atoms with Crippen LogP contribution in [-0.2, 0) is 4.79 Å². The minimum Gasteiger partial charge on any atom is -0.330 e. The van der Waals surface area contributed by atoms with Crippen molar-refractivity contribution in [1.29, 1.82) is 0 Å². The molecule has 0 aromatic carbocycles. The molecule has 3 N–H and O–H groups in total. The van der Waals surface area contributed by atoms with E-state index in [1.165, 1.54) is 0 Å². The molecule has 1 unspecified atom stereocenters. The lowest BCUT2D eigenvalue weighted by Gasteiger charge is -2.16. The van der Waals surface area contributed by atoms with Gasteiger partial charge in [0.1, 0.15) is 0 Å². The van der Waals surface area contributed by atoms with Gasteiger partial charge in [-0.25, -0.2) is 9.67 Å². The normalized spacial score (nSPS) is 12.4. The average Bonchev–Trinajstić information content (AvgIpc) is 2.99. The monoisotopic (exact) mass is 287 g/mol. The van der Waals surface area contributed by atoms with Crippen molar-refractivity contribution >= 4 is 11.6 Å². The molecule has 21 heavy (non-hydrogen) atoms. The summed E-state index contributed by atoms with van der Waals surface area (Å²) in [6.07, 6.45) is 5.90. The highest BCUT2D eigenvalue weighted by atomic mass is 16.1. The van der Waals surface area contributed by atoms with E-state index in [9.17, 15) is 4.79 Å². The standard InChI is InChI=1S/C15H21N5O/c1-11(2)8-12(9-16)15(21)19-13-4-5-14(17-10-13)20-7-3-6-18-20/h3-7,10-12H,8-9,16H2,1-2H3,(H,19,21). The second kappa shape index (κ2) is 6.99. The van der Waals surface area contributed by atoms with Crippen molar-refractivity contribution in [3.05, 3.63) is 36.8 Å². The third-order valence-corrected chi connectivity index (χ3v) is 3.17. The lowest BCUT2D eigenvalue weighted by atomic mass is 9.96. The van der Waals surface area contributed by atoms with Crippen molar-refractivity contribution in [2.24, 2.45) is 17.6 Å². The minimum absolute atomic E-state index is 0.0557. The van der Waals surface area contributed by atoms with Crippen molar-refractivity contribution in [2.45, 2.75) is 20.3 Å². The number of hydrogen-bond donors (Lipinski definition) is 2. The molecule has 1 atom stereocenters. The maximum atomic E-state index is 12.2. The molecule has 1 amide bonds. The van der Waals surface area contributed by atoms with E-state index in [0.717, 1.165) is 6.42 Å². The van der Waals surface area contributed by atoms with Crippen LogP contribution in [0.15, 0.2) is 36.8 Å². The Hall–Kier alpha value is -2.21. The van der Waals surface area contributed by atoms with Crippen LogP contribution in [-0.4, -0.2) is 27.2 Å². The minimum atomic E-state index is -0.171. The predicted molar refractivity (Wildman–Crippen MR) is 82.0 cm³/mol. The van der Waals surface area contributed by atoms with Gasteiger partial charge in [-0.05, 0) is 30.5 Å². The lowest BCUT2D eigenvalue weighted by molar-refractivity contribution is -0.120. The van der Waals surface area contributed by atoms with Crippen molar-refractivity contribution in [3.63, 3.8) is 0 Å². The fourth-order valence-electron chi connectivity index (χ4n) is 2.12. The summed E-state index contributed by atoms with van der Waals surface area (Å²) in [6, 6.07) is 5.45. The van der Waals surface area contributed by atoms with Crippen LogP contribution in [0.3, 0.4) is 0 Å². The molecule has 0 aliphatic carbocycles. The van der Waals surface area contributed by atoms with E-state index < -0.39 is 0 Å². The van der Waals surface area contributed by atoms with E-state index >= 15 is 0 Å². The van der Waals surface area contributed by atoms with Crippen LogP contribution in [0.25, 0.3) is 5.82 Å². The van der Waals surface area contributed by atoms with Crippen LogP contribution in [0.4, 0.5) is 5.69 Å². The maximum absolute atomic E-state index is 12.2. The highest BCUT2D eigenvalue weighted by molar-refractivity contribution is 5.92. The van der Waals surface area contributed by atoms with Crippen molar-refractivity contribution in [2.75, 3.05) is 11.9 Å². The fraction of sp³-hybridized carbons (Fsp3) is 0.400. The van der Waals surface area contributed by atoms with Crippen LogP contribution in [0, 0.1) is 11.8 Å². The predicted octanol–water partition coefficient (Wildman–Crippen LogP) is 1.83. The van der Waals surface area contributed by atoms with Crippen LogP contribution < -0.4 is 11.1 Å². The van der Waals surface area contributed by atoms with Crippen LogP contribution in [0.1, 0.15) is 20.3 Å². The maximum Gasteiger partial charge on any atom is 0.228 e. The van der Waals surface area contributed by atoms with Gasteiger partial charge in [0.05, 0.1) is 17.8 Å². The number of nitrogens with one attached hydrogen (secondary N) is 1. The first-order valence-corrected chi connectivity index (χ1v) is 7.07. The topological polar surface area (TPSA) is 85.8 Å². The number of hydrogen-bond acceptors (Lipinski definition) is 4. The van der Waals surface area contributed by atoms with E-state index in [1.807, 2.05) is 24.4 Å². The van der Waals surface area contributed by atoms with E-state index in [0.29, 0.717) is 24.0 Å². The molecule has 0 saturated carbocycles. The van der Waals surface area contributed by atoms with E-state index in [1.54, 1.807) is 17.1 Å². The fourth-order valence-corrected chi connectivity index (χ4v) is 2.12. The van der Waals surface area contributed by atoms with Crippen LogP contribution >= 0.6 is 0 Å². The van der Waals surface area contributed by atoms with E-state index in [2.05, 4.69) is 29.2 Å². The Bertz CT molecular complexity index is 562. The quantitative estimate of drug-likeness (QED) is 0.848. The number of rotatable bonds is 6. The van der Waals surface area contributed by atoms with Gasteiger partial charge in [-0.1, -0.05) is 13.8 Å². The first-order chi connectivity index (χ1) is 10.1. The summed E-state index contributed by atoms with van der Waals surface area (Å²) in [6.45, 7) is 4.51. The van der Waals surface area contributed by atoms with Crippen molar-refractivity contribution < 1.29 is 4.79 Å². The van der Waals surface area contributed by atoms with Crippen molar-refractivity contribution in [3.8, 4) is 5.82 Å². The number of carbonyl (C=O) groups is 1. The Labute approximate surface area is 124 Å². The molecule has 112 valence electrons. The molecule has 0 radical (unpaired) electrons. The van der Waals surface area contributed by atoms with Crippen molar-refractivity contribution in [1.82, 2.24) is 14.8 Å². The van der Waals surface area contributed by atoms with Gasteiger partial charge >= 0.3 is 0 Å². The van der Waals surface area contributed by atoms with Gasteiger partial charge in [-0.3, -0.25) is 4.79 Å². The summed E-state index contributed by atoms with van der Waals surface area (Å²) in [7, 11) is 0. The summed E-state index contributed by atoms with van der Waals surface area (Å²) in [4.78, 5) is 16.4. The summed E-state index contributed by atoms with van der Waals surface area (Å²) in [5, 5.41) is 6.96. The first-order valence-electron chi connectivity index (χ1n) is 7.07. The molecule has 0 bridgehead atoms. The molecule has 0 aliphatic heterocycles. The van der Waals surface area contributed by atoms with E-state index in [4.69, 9.17) is 5.73 Å². The molecule has 2 aromatic heterocycles. The molecule has 0 spiro atoms. The Morgan fingerprint density at radius 3 is 2.76 bits per heavy atom. The smallest absolute Gasteiger partial charge is 0.228 e. The van der Waals surface area contributed by atoms with Gasteiger partial charge in [0.25, 0.3) is 0 Å². The number of pyridine rings is 1. The van der Waals surface area contributed by atoms with Crippen LogP contribution in [0.2, 0.25) is 0 Å². The van der Waals surface area contributed by atoms with Gasteiger partial charge in [0, 0.05) is 18.9 Å². The highest BCUT2D eigenvalue weighted by Gasteiger charge is 2.18. The Morgan fingerprint density at radius 2 is 2.24 bits per heavy atom. The number of anilines is 1. The number of aromatic nitrogens is 3. The number of amides is 1.